The van der Waals surface area contributed by atoms with Gasteiger partial charge >= 0.3 is 5.69 Å². The first kappa shape index (κ1) is 17.4. The van der Waals surface area contributed by atoms with E-state index in [9.17, 15) is 10.1 Å². The minimum Gasteiger partial charge on any atom is -0.354 e. The van der Waals surface area contributed by atoms with Crippen molar-refractivity contribution < 1.29 is 4.92 Å². The van der Waals surface area contributed by atoms with Gasteiger partial charge in [0.1, 0.15) is 5.69 Å². The van der Waals surface area contributed by atoms with Crippen molar-refractivity contribution in [3.8, 4) is 0 Å². The topological polar surface area (TPSA) is 90.2 Å². The molecular weight excluding hydrogens is 270 g/mol. The van der Waals surface area contributed by atoms with Crippen LogP contribution in [0.2, 0.25) is 0 Å². The molecule has 7 heteroatoms. The van der Waals surface area contributed by atoms with Gasteiger partial charge in [0, 0.05) is 25.7 Å². The quantitative estimate of drug-likeness (QED) is 0.617. The average molecular weight is 297 g/mol. The third-order valence-electron chi connectivity index (χ3n) is 3.72. The fourth-order valence-corrected chi connectivity index (χ4v) is 2.24. The number of anilines is 1. The summed E-state index contributed by atoms with van der Waals surface area (Å²) < 4.78 is 1.72. The summed E-state index contributed by atoms with van der Waals surface area (Å²) >= 11 is 0. The van der Waals surface area contributed by atoms with Gasteiger partial charge in [-0.2, -0.15) is 5.10 Å². The summed E-state index contributed by atoms with van der Waals surface area (Å²) in [6.45, 7) is 10.4. The molecule has 1 aromatic rings. The molecule has 1 aromatic heterocycles. The second-order valence-electron chi connectivity index (χ2n) is 6.17. The van der Waals surface area contributed by atoms with Crippen LogP contribution in [0.1, 0.15) is 45.9 Å². The van der Waals surface area contributed by atoms with E-state index in [1.165, 1.54) is 0 Å². The van der Waals surface area contributed by atoms with E-state index in [-0.39, 0.29) is 22.7 Å². The van der Waals surface area contributed by atoms with Crippen molar-refractivity contribution in [2.75, 3.05) is 18.5 Å². The predicted octanol–water partition coefficient (Wildman–Crippen LogP) is 2.49. The van der Waals surface area contributed by atoms with Gasteiger partial charge in [-0.1, -0.05) is 13.8 Å². The normalized spacial score (nSPS) is 13.0. The first-order valence-corrected chi connectivity index (χ1v) is 7.37. The third-order valence-corrected chi connectivity index (χ3v) is 3.72. The molecule has 0 radical (unpaired) electrons. The van der Waals surface area contributed by atoms with Gasteiger partial charge in [0.05, 0.1) is 4.92 Å². The maximum absolute atomic E-state index is 11.3. The Balaban J connectivity index is 3.06. The largest absolute Gasteiger partial charge is 0.354 e. The summed E-state index contributed by atoms with van der Waals surface area (Å²) in [5.74, 6) is 0.952. The lowest BCUT2D eigenvalue weighted by atomic mass is 10.0. The Morgan fingerprint density at radius 2 is 1.95 bits per heavy atom. The van der Waals surface area contributed by atoms with Crippen LogP contribution in [0.3, 0.4) is 0 Å². The monoisotopic (exact) mass is 297 g/mol. The highest BCUT2D eigenvalue weighted by Crippen LogP contribution is 2.33. The van der Waals surface area contributed by atoms with Gasteiger partial charge in [0.2, 0.25) is 5.82 Å². The molecule has 0 bridgehead atoms. The standard InChI is InChI=1S/C14H27N5O2/c1-9(2)12(15)7-8-17(6)14-13(19(20)21)11(5)16-18(14)10(3)4/h9-10,12H,7-8,15H2,1-6H3. The zero-order valence-electron chi connectivity index (χ0n) is 13.8. The van der Waals surface area contributed by atoms with Gasteiger partial charge in [0.15, 0.2) is 0 Å². The molecular formula is C14H27N5O2. The highest BCUT2D eigenvalue weighted by atomic mass is 16.6. The number of nitro groups is 1. The van der Waals surface area contributed by atoms with Crippen LogP contribution in [0.15, 0.2) is 0 Å². The molecule has 120 valence electrons. The Bertz CT molecular complexity index is 496. The van der Waals surface area contributed by atoms with Gasteiger partial charge in [-0.15, -0.1) is 0 Å². The summed E-state index contributed by atoms with van der Waals surface area (Å²) in [5.41, 5.74) is 6.60. The number of hydrogen-bond donors (Lipinski definition) is 1. The second kappa shape index (κ2) is 6.89. The summed E-state index contributed by atoms with van der Waals surface area (Å²) in [7, 11) is 1.86. The van der Waals surface area contributed by atoms with Crippen LogP contribution >= 0.6 is 0 Å². The Morgan fingerprint density at radius 1 is 1.38 bits per heavy atom. The zero-order chi connectivity index (χ0) is 16.3. The molecule has 1 atom stereocenters. The summed E-state index contributed by atoms with van der Waals surface area (Å²) in [6, 6.07) is 0.150. The number of aryl methyl sites for hydroxylation is 1. The highest BCUT2D eigenvalue weighted by Gasteiger charge is 2.29. The Kier molecular flexibility index (Phi) is 5.71. The van der Waals surface area contributed by atoms with Gasteiger partial charge < -0.3 is 10.6 Å². The Morgan fingerprint density at radius 3 is 2.38 bits per heavy atom. The highest BCUT2D eigenvalue weighted by molar-refractivity contribution is 5.61. The van der Waals surface area contributed by atoms with E-state index in [1.54, 1.807) is 11.6 Å². The molecule has 1 rings (SSSR count). The maximum Gasteiger partial charge on any atom is 0.333 e. The Hall–Kier alpha value is -1.63. The molecule has 0 amide bonds. The number of aromatic nitrogens is 2. The van der Waals surface area contributed by atoms with Gasteiger partial charge in [-0.3, -0.25) is 10.1 Å². The number of hydrogen-bond acceptors (Lipinski definition) is 5. The molecule has 0 aliphatic rings. The van der Waals surface area contributed by atoms with Crippen LogP contribution in [0, 0.1) is 23.0 Å². The van der Waals surface area contributed by atoms with E-state index in [1.807, 2.05) is 25.8 Å². The van der Waals surface area contributed by atoms with E-state index in [0.29, 0.717) is 24.0 Å². The molecule has 1 unspecified atom stereocenters. The molecule has 0 aliphatic carbocycles. The minimum absolute atomic E-state index is 0.0635. The van der Waals surface area contributed by atoms with Crippen molar-refractivity contribution in [1.82, 2.24) is 9.78 Å². The van der Waals surface area contributed by atoms with E-state index in [4.69, 9.17) is 5.73 Å². The summed E-state index contributed by atoms with van der Waals surface area (Å²) in [5, 5.41) is 15.6. The van der Waals surface area contributed by atoms with Gasteiger partial charge in [-0.05, 0) is 33.1 Å². The number of nitrogens with zero attached hydrogens (tertiary/aromatic N) is 4. The lowest BCUT2D eigenvalue weighted by Gasteiger charge is -2.24. The number of rotatable bonds is 7. The first-order valence-electron chi connectivity index (χ1n) is 7.37. The summed E-state index contributed by atoms with van der Waals surface area (Å²) in [4.78, 5) is 12.9. The smallest absolute Gasteiger partial charge is 0.333 e. The van der Waals surface area contributed by atoms with Crippen LogP contribution in [0.4, 0.5) is 11.5 Å². The average Bonchev–Trinajstić information content (AvgIpc) is 2.73. The molecule has 0 spiro atoms. The summed E-state index contributed by atoms with van der Waals surface area (Å²) in [6.07, 6.45) is 0.785. The second-order valence-corrected chi connectivity index (χ2v) is 6.17. The van der Waals surface area contributed by atoms with Gasteiger partial charge in [0.25, 0.3) is 0 Å². The van der Waals surface area contributed by atoms with E-state index < -0.39 is 0 Å². The molecule has 0 aromatic carbocycles. The van der Waals surface area contributed by atoms with Crippen LogP contribution in [-0.2, 0) is 0 Å². The SMILES string of the molecule is Cc1nn(C(C)C)c(N(C)CCC(N)C(C)C)c1[N+](=O)[O-]. The van der Waals surface area contributed by atoms with E-state index >= 15 is 0 Å². The molecule has 0 saturated carbocycles. The predicted molar refractivity (Wildman–Crippen MR) is 84.7 cm³/mol. The number of nitrogens with two attached hydrogens (primary N) is 1. The fourth-order valence-electron chi connectivity index (χ4n) is 2.24. The van der Waals surface area contributed by atoms with Gasteiger partial charge in [-0.25, -0.2) is 4.68 Å². The van der Waals surface area contributed by atoms with Crippen LogP contribution < -0.4 is 10.6 Å². The van der Waals surface area contributed by atoms with Crippen molar-refractivity contribution >= 4 is 11.5 Å². The van der Waals surface area contributed by atoms with Crippen molar-refractivity contribution in [1.29, 1.82) is 0 Å². The van der Waals surface area contributed by atoms with Crippen molar-refractivity contribution in [2.45, 2.75) is 53.1 Å². The van der Waals surface area contributed by atoms with E-state index in [0.717, 1.165) is 6.42 Å². The van der Waals surface area contributed by atoms with Crippen molar-refractivity contribution in [2.24, 2.45) is 11.7 Å². The van der Waals surface area contributed by atoms with Crippen molar-refractivity contribution in [3.05, 3.63) is 15.8 Å². The lowest BCUT2D eigenvalue weighted by Crippen LogP contribution is -2.33. The molecule has 7 nitrogen and oxygen atoms in total. The van der Waals surface area contributed by atoms with Crippen LogP contribution in [0.5, 0.6) is 0 Å². The third kappa shape index (κ3) is 3.93. The Labute approximate surface area is 126 Å². The minimum atomic E-state index is -0.352. The maximum atomic E-state index is 11.3. The molecule has 0 fully saturated rings. The molecule has 21 heavy (non-hydrogen) atoms. The zero-order valence-corrected chi connectivity index (χ0v) is 13.8. The molecule has 2 N–H and O–H groups in total. The van der Waals surface area contributed by atoms with E-state index in [2.05, 4.69) is 18.9 Å². The van der Waals surface area contributed by atoms with Crippen molar-refractivity contribution in [3.63, 3.8) is 0 Å². The molecule has 0 aliphatic heterocycles. The first-order chi connectivity index (χ1) is 9.66. The molecule has 0 saturated heterocycles. The lowest BCUT2D eigenvalue weighted by molar-refractivity contribution is -0.384. The van der Waals surface area contributed by atoms with Crippen LogP contribution in [0.25, 0.3) is 0 Å². The fraction of sp³-hybridized carbons (Fsp3) is 0.786. The molecule has 1 heterocycles. The van der Waals surface area contributed by atoms with Crippen LogP contribution in [-0.4, -0.2) is 34.3 Å².